The smallest absolute Gasteiger partial charge is 0.220 e. The minimum absolute atomic E-state index is 0.133. The molecule has 0 unspecified atom stereocenters. The van der Waals surface area contributed by atoms with E-state index in [0.29, 0.717) is 12.2 Å². The average Bonchev–Trinajstić information content (AvgIpc) is 2.27. The molecular formula is C11H17NO3. The van der Waals surface area contributed by atoms with Gasteiger partial charge >= 0.3 is 0 Å². The summed E-state index contributed by atoms with van der Waals surface area (Å²) in [5.41, 5.74) is -0.839. The summed E-state index contributed by atoms with van der Waals surface area (Å²) in [6.07, 6.45) is 0.811. The van der Waals surface area contributed by atoms with Gasteiger partial charge in [-0.3, -0.25) is 9.59 Å². The lowest BCUT2D eigenvalue weighted by Crippen LogP contribution is -2.47. The van der Waals surface area contributed by atoms with Crippen LogP contribution in [0, 0.1) is 0 Å². The Morgan fingerprint density at radius 1 is 1.53 bits per heavy atom. The Morgan fingerprint density at radius 3 is 2.40 bits per heavy atom. The maximum atomic E-state index is 11.8. The van der Waals surface area contributed by atoms with Crippen LogP contribution in [0.5, 0.6) is 0 Å². The predicted octanol–water partition coefficient (Wildman–Crippen LogP) is 0.853. The topological polar surface area (TPSA) is 57.6 Å². The lowest BCUT2D eigenvalue weighted by Gasteiger charge is -2.31. The van der Waals surface area contributed by atoms with Crippen LogP contribution in [0.1, 0.15) is 34.1 Å². The van der Waals surface area contributed by atoms with Crippen molar-refractivity contribution in [2.24, 2.45) is 0 Å². The number of carbonyl (C=O) groups is 2. The van der Waals surface area contributed by atoms with Gasteiger partial charge in [0.15, 0.2) is 11.5 Å². The van der Waals surface area contributed by atoms with Gasteiger partial charge in [0.1, 0.15) is 0 Å². The van der Waals surface area contributed by atoms with E-state index in [-0.39, 0.29) is 11.4 Å². The van der Waals surface area contributed by atoms with Crippen LogP contribution < -0.4 is 0 Å². The van der Waals surface area contributed by atoms with Crippen LogP contribution in [0.25, 0.3) is 0 Å². The summed E-state index contributed by atoms with van der Waals surface area (Å²) in [5, 5.41) is 10.0. The van der Waals surface area contributed by atoms with Gasteiger partial charge in [-0.1, -0.05) is 6.92 Å². The van der Waals surface area contributed by atoms with Crippen LogP contribution in [0.3, 0.4) is 0 Å². The van der Waals surface area contributed by atoms with Crippen molar-refractivity contribution in [1.29, 1.82) is 0 Å². The predicted molar refractivity (Wildman–Crippen MR) is 56.0 cm³/mol. The summed E-state index contributed by atoms with van der Waals surface area (Å²) < 4.78 is 0. The van der Waals surface area contributed by atoms with Crippen molar-refractivity contribution in [3.63, 3.8) is 0 Å². The van der Waals surface area contributed by atoms with E-state index in [1.807, 2.05) is 6.92 Å². The zero-order valence-corrected chi connectivity index (χ0v) is 9.63. The molecule has 0 aliphatic carbocycles. The maximum absolute atomic E-state index is 11.8. The molecule has 0 radical (unpaired) electrons. The van der Waals surface area contributed by atoms with Gasteiger partial charge in [0.25, 0.3) is 0 Å². The van der Waals surface area contributed by atoms with Crippen molar-refractivity contribution in [3.05, 3.63) is 11.3 Å². The van der Waals surface area contributed by atoms with Crippen LogP contribution in [0.15, 0.2) is 11.3 Å². The minimum Gasteiger partial charge on any atom is -0.364 e. The first-order valence-electron chi connectivity index (χ1n) is 5.10. The van der Waals surface area contributed by atoms with Crippen LogP contribution in [-0.4, -0.2) is 33.8 Å². The number of hydrogen-bond acceptors (Lipinski definition) is 4. The fourth-order valence-corrected chi connectivity index (χ4v) is 2.01. The van der Waals surface area contributed by atoms with Gasteiger partial charge < -0.3 is 10.0 Å². The highest BCUT2D eigenvalue weighted by Crippen LogP contribution is 2.32. The Kier molecular flexibility index (Phi) is 3.00. The Hall–Kier alpha value is -1.16. The van der Waals surface area contributed by atoms with Gasteiger partial charge in [-0.25, -0.2) is 0 Å². The summed E-state index contributed by atoms with van der Waals surface area (Å²) in [7, 11) is 0. The van der Waals surface area contributed by atoms with E-state index < -0.39 is 11.5 Å². The third-order valence-corrected chi connectivity index (χ3v) is 2.75. The molecule has 1 aliphatic rings. The molecular weight excluding hydrogens is 194 g/mol. The SMILES string of the molecule is CCCN1C(C)=C(C(C)=O)C(=O)[C@@]1(C)O. The number of rotatable bonds is 3. The zero-order chi connectivity index (χ0) is 11.8. The summed E-state index contributed by atoms with van der Waals surface area (Å²) in [4.78, 5) is 24.7. The first kappa shape index (κ1) is 11.9. The number of hydrogen-bond donors (Lipinski definition) is 1. The van der Waals surface area contributed by atoms with Gasteiger partial charge in [0, 0.05) is 12.2 Å². The molecule has 1 N–H and O–H groups in total. The van der Waals surface area contributed by atoms with Crippen LogP contribution >= 0.6 is 0 Å². The van der Waals surface area contributed by atoms with E-state index in [0.717, 1.165) is 6.42 Å². The lowest BCUT2D eigenvalue weighted by atomic mass is 10.0. The lowest BCUT2D eigenvalue weighted by molar-refractivity contribution is -0.144. The number of allylic oxidation sites excluding steroid dienone is 1. The van der Waals surface area contributed by atoms with Crippen molar-refractivity contribution in [2.45, 2.75) is 39.8 Å². The molecule has 4 nitrogen and oxygen atoms in total. The third kappa shape index (κ3) is 1.69. The quantitative estimate of drug-likeness (QED) is 0.703. The van der Waals surface area contributed by atoms with Gasteiger partial charge in [0.2, 0.25) is 5.78 Å². The molecule has 0 saturated carbocycles. The largest absolute Gasteiger partial charge is 0.364 e. The molecule has 0 bridgehead atoms. The maximum Gasteiger partial charge on any atom is 0.220 e. The molecule has 1 heterocycles. The summed E-state index contributed by atoms with van der Waals surface area (Å²) in [5.74, 6) is -0.766. The monoisotopic (exact) mass is 211 g/mol. The second-order valence-corrected chi connectivity index (χ2v) is 4.02. The highest BCUT2D eigenvalue weighted by molar-refractivity contribution is 6.24. The molecule has 0 fully saturated rings. The molecule has 0 aromatic carbocycles. The molecule has 0 spiro atoms. The normalized spacial score (nSPS) is 26.5. The Bertz CT molecular complexity index is 342. The minimum atomic E-state index is -1.55. The highest BCUT2D eigenvalue weighted by Gasteiger charge is 2.47. The van der Waals surface area contributed by atoms with E-state index in [2.05, 4.69) is 0 Å². The highest BCUT2D eigenvalue weighted by atomic mass is 16.3. The Balaban J connectivity index is 3.18. The first-order valence-corrected chi connectivity index (χ1v) is 5.10. The molecule has 0 amide bonds. The number of Topliss-reactive ketones (excluding diaryl/α,β-unsaturated/α-hetero) is 2. The summed E-state index contributed by atoms with van der Waals surface area (Å²) in [6, 6.07) is 0. The van der Waals surface area contributed by atoms with Gasteiger partial charge in [-0.2, -0.15) is 0 Å². The van der Waals surface area contributed by atoms with Crippen molar-refractivity contribution in [3.8, 4) is 0 Å². The molecule has 0 saturated heterocycles. The molecule has 0 aromatic rings. The second-order valence-electron chi connectivity index (χ2n) is 4.02. The van der Waals surface area contributed by atoms with Gasteiger partial charge in [-0.05, 0) is 27.2 Å². The molecule has 1 rings (SSSR count). The van der Waals surface area contributed by atoms with E-state index in [4.69, 9.17) is 0 Å². The second kappa shape index (κ2) is 3.77. The third-order valence-electron chi connectivity index (χ3n) is 2.75. The number of nitrogens with zero attached hydrogens (tertiary/aromatic N) is 1. The standard InChI is InChI=1S/C11H17NO3/c1-5-6-12-7(2)9(8(3)13)10(14)11(12,4)15/h15H,5-6H2,1-4H3/t11-/m1/s1. The summed E-state index contributed by atoms with van der Waals surface area (Å²) >= 11 is 0. The van der Waals surface area contributed by atoms with Gasteiger partial charge in [-0.15, -0.1) is 0 Å². The molecule has 4 heteroatoms. The Morgan fingerprint density at radius 2 is 2.07 bits per heavy atom. The Labute approximate surface area is 89.6 Å². The summed E-state index contributed by atoms with van der Waals surface area (Å²) in [6.45, 7) is 7.01. The van der Waals surface area contributed by atoms with Crippen molar-refractivity contribution in [1.82, 2.24) is 4.90 Å². The van der Waals surface area contributed by atoms with Crippen molar-refractivity contribution in [2.75, 3.05) is 6.54 Å². The van der Waals surface area contributed by atoms with Crippen LogP contribution in [-0.2, 0) is 9.59 Å². The molecule has 1 atom stereocenters. The van der Waals surface area contributed by atoms with Crippen LogP contribution in [0.4, 0.5) is 0 Å². The van der Waals surface area contributed by atoms with E-state index >= 15 is 0 Å². The van der Waals surface area contributed by atoms with Crippen molar-refractivity contribution < 1.29 is 14.7 Å². The first-order chi connectivity index (χ1) is 6.84. The molecule has 15 heavy (non-hydrogen) atoms. The molecule has 1 aliphatic heterocycles. The number of aliphatic hydroxyl groups is 1. The van der Waals surface area contributed by atoms with Crippen LogP contribution in [0.2, 0.25) is 0 Å². The average molecular weight is 211 g/mol. The van der Waals surface area contributed by atoms with E-state index in [1.54, 1.807) is 11.8 Å². The van der Waals surface area contributed by atoms with Gasteiger partial charge in [0.05, 0.1) is 5.57 Å². The van der Waals surface area contributed by atoms with E-state index in [9.17, 15) is 14.7 Å². The number of ketones is 2. The molecule has 84 valence electrons. The number of carbonyl (C=O) groups excluding carboxylic acids is 2. The fourth-order valence-electron chi connectivity index (χ4n) is 2.01. The zero-order valence-electron chi connectivity index (χ0n) is 9.63. The van der Waals surface area contributed by atoms with Crippen molar-refractivity contribution >= 4 is 11.6 Å². The fraction of sp³-hybridized carbons (Fsp3) is 0.636. The van der Waals surface area contributed by atoms with E-state index in [1.165, 1.54) is 13.8 Å². The molecule has 0 aromatic heterocycles.